The van der Waals surface area contributed by atoms with Crippen LogP contribution in [0.1, 0.15) is 20.7 Å². The van der Waals surface area contributed by atoms with Gasteiger partial charge in [-0.1, -0.05) is 11.6 Å². The molecule has 1 aromatic heterocycles. The maximum Gasteiger partial charge on any atom is 0.258 e. The number of hydrogen-bond acceptors (Lipinski definition) is 3. The van der Waals surface area contributed by atoms with E-state index < -0.39 is 5.91 Å². The van der Waals surface area contributed by atoms with Crippen LogP contribution in [-0.4, -0.2) is 21.6 Å². The molecule has 3 N–H and O–H groups in total. The van der Waals surface area contributed by atoms with Crippen molar-refractivity contribution in [3.05, 3.63) is 77.1 Å². The molecule has 7 heteroatoms. The quantitative estimate of drug-likeness (QED) is 0.765. The van der Waals surface area contributed by atoms with E-state index in [1.807, 2.05) is 0 Å². The van der Waals surface area contributed by atoms with Gasteiger partial charge in [0, 0.05) is 22.5 Å². The molecule has 3 rings (SSSR count). The number of nitrogens with zero attached hydrogens (tertiary/aromatic N) is 2. The first-order chi connectivity index (χ1) is 11.5. The van der Waals surface area contributed by atoms with Crippen molar-refractivity contribution < 1.29 is 9.59 Å². The van der Waals surface area contributed by atoms with Crippen molar-refractivity contribution in [2.24, 2.45) is 5.73 Å². The van der Waals surface area contributed by atoms with Gasteiger partial charge in [0.15, 0.2) is 0 Å². The van der Waals surface area contributed by atoms with Crippen molar-refractivity contribution >= 4 is 29.1 Å². The fourth-order valence-electron chi connectivity index (χ4n) is 2.10. The van der Waals surface area contributed by atoms with Gasteiger partial charge in [0.1, 0.15) is 0 Å². The van der Waals surface area contributed by atoms with E-state index in [0.717, 1.165) is 5.69 Å². The Kier molecular flexibility index (Phi) is 4.31. The lowest BCUT2D eigenvalue weighted by molar-refractivity contribution is 0.0998. The molecule has 0 atom stereocenters. The molecule has 1 heterocycles. The number of halogens is 1. The van der Waals surface area contributed by atoms with E-state index in [0.29, 0.717) is 21.8 Å². The van der Waals surface area contributed by atoms with Crippen LogP contribution in [-0.2, 0) is 0 Å². The second kappa shape index (κ2) is 6.55. The predicted molar refractivity (Wildman–Crippen MR) is 91.5 cm³/mol. The minimum absolute atomic E-state index is 0.304. The Morgan fingerprint density at radius 3 is 2.29 bits per heavy atom. The first kappa shape index (κ1) is 15.8. The molecule has 0 fully saturated rings. The largest absolute Gasteiger partial charge is 0.366 e. The summed E-state index contributed by atoms with van der Waals surface area (Å²) in [7, 11) is 0. The molecule has 0 aliphatic heterocycles. The summed E-state index contributed by atoms with van der Waals surface area (Å²) in [5, 5.41) is 7.53. The lowest BCUT2D eigenvalue weighted by atomic mass is 10.2. The zero-order chi connectivity index (χ0) is 17.1. The van der Waals surface area contributed by atoms with Gasteiger partial charge in [-0.25, -0.2) is 4.68 Å². The average molecular weight is 341 g/mol. The Bertz CT molecular complexity index is 886. The van der Waals surface area contributed by atoms with Gasteiger partial charge in [-0.2, -0.15) is 5.10 Å². The number of nitrogens with two attached hydrogens (primary N) is 1. The number of carbonyl (C=O) groups excluding carboxylic acids is 2. The number of rotatable bonds is 4. The van der Waals surface area contributed by atoms with Crippen LogP contribution in [0.5, 0.6) is 0 Å². The summed E-state index contributed by atoms with van der Waals surface area (Å²) in [6.45, 7) is 0. The van der Waals surface area contributed by atoms with Crippen molar-refractivity contribution in [2.75, 3.05) is 5.32 Å². The highest BCUT2D eigenvalue weighted by atomic mass is 35.5. The van der Waals surface area contributed by atoms with Gasteiger partial charge in [-0.15, -0.1) is 0 Å². The summed E-state index contributed by atoms with van der Waals surface area (Å²) < 4.78 is 1.58. The highest BCUT2D eigenvalue weighted by Crippen LogP contribution is 2.15. The summed E-state index contributed by atoms with van der Waals surface area (Å²) in [6, 6.07) is 13.4. The SMILES string of the molecule is NC(=O)c1ccc(NC(=O)c2cnn(-c3ccc(Cl)cc3)c2)cc1. The standard InChI is InChI=1S/C17H13ClN4O2/c18-13-3-7-15(8-4-13)22-10-12(9-20-22)17(24)21-14-5-1-11(2-6-14)16(19)23/h1-10H,(H2,19,23)(H,21,24). The Morgan fingerprint density at radius 1 is 1.00 bits per heavy atom. The van der Waals surface area contributed by atoms with Gasteiger partial charge in [0.2, 0.25) is 5.91 Å². The third-order valence-electron chi connectivity index (χ3n) is 3.36. The van der Waals surface area contributed by atoms with E-state index in [2.05, 4.69) is 10.4 Å². The van der Waals surface area contributed by atoms with Crippen LogP contribution in [0.3, 0.4) is 0 Å². The first-order valence-electron chi connectivity index (χ1n) is 7.05. The van der Waals surface area contributed by atoms with Crippen LogP contribution in [0.4, 0.5) is 5.69 Å². The first-order valence-corrected chi connectivity index (χ1v) is 7.42. The fourth-order valence-corrected chi connectivity index (χ4v) is 2.22. The van der Waals surface area contributed by atoms with Crippen LogP contribution < -0.4 is 11.1 Å². The molecule has 0 radical (unpaired) electrons. The van der Waals surface area contributed by atoms with E-state index in [-0.39, 0.29) is 5.91 Å². The molecule has 120 valence electrons. The monoisotopic (exact) mass is 340 g/mol. The van der Waals surface area contributed by atoms with E-state index in [1.165, 1.54) is 6.20 Å². The number of aromatic nitrogens is 2. The highest BCUT2D eigenvalue weighted by Gasteiger charge is 2.10. The van der Waals surface area contributed by atoms with Crippen molar-refractivity contribution in [3.8, 4) is 5.69 Å². The summed E-state index contributed by atoms with van der Waals surface area (Å²) in [5.41, 5.74) is 7.32. The second-order valence-electron chi connectivity index (χ2n) is 5.05. The van der Waals surface area contributed by atoms with E-state index in [1.54, 1.807) is 59.4 Å². The second-order valence-corrected chi connectivity index (χ2v) is 5.48. The van der Waals surface area contributed by atoms with Crippen molar-refractivity contribution in [2.45, 2.75) is 0 Å². The minimum Gasteiger partial charge on any atom is -0.366 e. The average Bonchev–Trinajstić information content (AvgIpc) is 3.06. The zero-order valence-electron chi connectivity index (χ0n) is 12.4. The number of carbonyl (C=O) groups is 2. The smallest absolute Gasteiger partial charge is 0.258 e. The number of nitrogens with one attached hydrogen (secondary N) is 1. The number of anilines is 1. The molecule has 0 aliphatic rings. The van der Waals surface area contributed by atoms with Gasteiger partial charge < -0.3 is 11.1 Å². The van der Waals surface area contributed by atoms with Gasteiger partial charge in [-0.3, -0.25) is 9.59 Å². The molecule has 24 heavy (non-hydrogen) atoms. The molecule has 0 unspecified atom stereocenters. The molecule has 0 bridgehead atoms. The third-order valence-corrected chi connectivity index (χ3v) is 3.62. The molecule has 2 aromatic carbocycles. The van der Waals surface area contributed by atoms with Crippen LogP contribution in [0.25, 0.3) is 5.69 Å². The summed E-state index contributed by atoms with van der Waals surface area (Å²) in [4.78, 5) is 23.3. The number of benzene rings is 2. The minimum atomic E-state index is -0.517. The fraction of sp³-hybridized carbons (Fsp3) is 0. The van der Waals surface area contributed by atoms with Gasteiger partial charge in [0.05, 0.1) is 17.4 Å². The van der Waals surface area contributed by atoms with Crippen molar-refractivity contribution in [1.82, 2.24) is 9.78 Å². The maximum absolute atomic E-state index is 12.3. The van der Waals surface area contributed by atoms with E-state index in [9.17, 15) is 9.59 Å². The van der Waals surface area contributed by atoms with E-state index >= 15 is 0 Å². The Labute approximate surface area is 142 Å². The number of primary amides is 1. The number of amides is 2. The van der Waals surface area contributed by atoms with Gasteiger partial charge in [0.25, 0.3) is 5.91 Å². The molecule has 0 aliphatic carbocycles. The normalized spacial score (nSPS) is 10.4. The summed E-state index contributed by atoms with van der Waals surface area (Å²) in [6.07, 6.45) is 3.10. The lowest BCUT2D eigenvalue weighted by Gasteiger charge is -2.04. The topological polar surface area (TPSA) is 90.0 Å². The van der Waals surface area contributed by atoms with Crippen LogP contribution >= 0.6 is 11.6 Å². The van der Waals surface area contributed by atoms with Gasteiger partial charge >= 0.3 is 0 Å². The summed E-state index contributed by atoms with van der Waals surface area (Å²) >= 11 is 5.85. The molecule has 0 spiro atoms. The number of hydrogen-bond donors (Lipinski definition) is 2. The lowest BCUT2D eigenvalue weighted by Crippen LogP contribution is -2.13. The maximum atomic E-state index is 12.3. The van der Waals surface area contributed by atoms with E-state index in [4.69, 9.17) is 17.3 Å². The van der Waals surface area contributed by atoms with Crippen LogP contribution in [0.2, 0.25) is 5.02 Å². The Hall–Kier alpha value is -3.12. The van der Waals surface area contributed by atoms with Crippen molar-refractivity contribution in [3.63, 3.8) is 0 Å². The van der Waals surface area contributed by atoms with Gasteiger partial charge in [-0.05, 0) is 48.5 Å². The molecule has 6 nitrogen and oxygen atoms in total. The van der Waals surface area contributed by atoms with Crippen LogP contribution in [0.15, 0.2) is 60.9 Å². The Morgan fingerprint density at radius 2 is 1.67 bits per heavy atom. The predicted octanol–water partition coefficient (Wildman–Crippen LogP) is 2.88. The molecular weight excluding hydrogens is 328 g/mol. The van der Waals surface area contributed by atoms with Crippen LogP contribution in [0, 0.1) is 0 Å². The third kappa shape index (κ3) is 3.44. The molecule has 0 saturated carbocycles. The zero-order valence-corrected chi connectivity index (χ0v) is 13.2. The summed E-state index contributed by atoms with van der Waals surface area (Å²) in [5.74, 6) is -0.820. The Balaban J connectivity index is 1.73. The molecule has 2 amide bonds. The molecule has 0 saturated heterocycles. The molecule has 3 aromatic rings. The highest BCUT2D eigenvalue weighted by molar-refractivity contribution is 6.30. The molecular formula is C17H13ClN4O2. The van der Waals surface area contributed by atoms with Crippen molar-refractivity contribution in [1.29, 1.82) is 0 Å².